The van der Waals surface area contributed by atoms with Crippen molar-refractivity contribution >= 4 is 0 Å². The molecular formula is C11H20O. The van der Waals surface area contributed by atoms with Crippen molar-refractivity contribution in [2.45, 2.75) is 34.1 Å². The van der Waals surface area contributed by atoms with Gasteiger partial charge in [-0.15, -0.1) is 0 Å². The Hall–Kier alpha value is -0.300. The standard InChI is InChI=1S/C11H20O/c1-8(2)6-11(7-12)9(3)10(11,4)5/h8,12H,3,6-7H2,1-2,4-5H3. The summed E-state index contributed by atoms with van der Waals surface area (Å²) in [6, 6.07) is 0. The van der Waals surface area contributed by atoms with E-state index < -0.39 is 0 Å². The molecule has 0 aromatic heterocycles. The normalized spacial score (nSPS) is 32.7. The first kappa shape index (κ1) is 9.79. The fraction of sp³-hybridized carbons (Fsp3) is 0.818. The smallest absolute Gasteiger partial charge is 0.0533 e. The van der Waals surface area contributed by atoms with Crippen molar-refractivity contribution in [2.24, 2.45) is 16.7 Å². The molecule has 1 rings (SSSR count). The van der Waals surface area contributed by atoms with Crippen molar-refractivity contribution in [3.8, 4) is 0 Å². The van der Waals surface area contributed by atoms with Crippen molar-refractivity contribution in [3.05, 3.63) is 12.2 Å². The van der Waals surface area contributed by atoms with Gasteiger partial charge in [0.1, 0.15) is 0 Å². The van der Waals surface area contributed by atoms with Crippen molar-refractivity contribution in [1.29, 1.82) is 0 Å². The third-order valence-electron chi connectivity index (χ3n) is 3.49. The van der Waals surface area contributed by atoms with Crippen LogP contribution in [-0.2, 0) is 0 Å². The zero-order valence-corrected chi connectivity index (χ0v) is 8.65. The quantitative estimate of drug-likeness (QED) is 0.642. The fourth-order valence-electron chi connectivity index (χ4n) is 2.35. The maximum Gasteiger partial charge on any atom is 0.0533 e. The summed E-state index contributed by atoms with van der Waals surface area (Å²) in [4.78, 5) is 0. The van der Waals surface area contributed by atoms with Crippen LogP contribution < -0.4 is 0 Å². The van der Waals surface area contributed by atoms with Gasteiger partial charge in [0.15, 0.2) is 0 Å². The zero-order valence-electron chi connectivity index (χ0n) is 8.65. The molecule has 0 aromatic rings. The highest BCUT2D eigenvalue weighted by molar-refractivity contribution is 5.41. The Kier molecular flexibility index (Phi) is 2.12. The molecule has 1 unspecified atom stereocenters. The van der Waals surface area contributed by atoms with E-state index >= 15 is 0 Å². The highest BCUT2D eigenvalue weighted by Crippen LogP contribution is 2.70. The molecule has 1 N–H and O–H groups in total. The summed E-state index contributed by atoms with van der Waals surface area (Å²) in [6.45, 7) is 13.0. The van der Waals surface area contributed by atoms with Crippen LogP contribution >= 0.6 is 0 Å². The Morgan fingerprint density at radius 3 is 1.92 bits per heavy atom. The fourth-order valence-corrected chi connectivity index (χ4v) is 2.35. The molecule has 0 amide bonds. The van der Waals surface area contributed by atoms with E-state index in [2.05, 4.69) is 34.3 Å². The molecule has 0 bridgehead atoms. The Bertz CT molecular complexity index is 203. The summed E-state index contributed by atoms with van der Waals surface area (Å²) >= 11 is 0. The van der Waals surface area contributed by atoms with Gasteiger partial charge in [-0.25, -0.2) is 0 Å². The first-order valence-corrected chi connectivity index (χ1v) is 4.69. The molecule has 1 nitrogen and oxygen atoms in total. The van der Waals surface area contributed by atoms with E-state index in [1.165, 1.54) is 5.57 Å². The van der Waals surface area contributed by atoms with Crippen LogP contribution in [0.25, 0.3) is 0 Å². The predicted molar refractivity (Wildman–Crippen MR) is 51.9 cm³/mol. The molecule has 1 aliphatic rings. The van der Waals surface area contributed by atoms with Crippen LogP contribution in [0.1, 0.15) is 34.1 Å². The van der Waals surface area contributed by atoms with Crippen LogP contribution in [-0.4, -0.2) is 11.7 Å². The minimum Gasteiger partial charge on any atom is -0.395 e. The Labute approximate surface area is 75.5 Å². The van der Waals surface area contributed by atoms with Crippen molar-refractivity contribution in [2.75, 3.05) is 6.61 Å². The van der Waals surface area contributed by atoms with E-state index in [4.69, 9.17) is 0 Å². The third-order valence-corrected chi connectivity index (χ3v) is 3.49. The lowest BCUT2D eigenvalue weighted by molar-refractivity contribution is 0.161. The molecule has 1 atom stereocenters. The lowest BCUT2D eigenvalue weighted by atomic mass is 9.88. The molecule has 0 radical (unpaired) electrons. The van der Waals surface area contributed by atoms with Crippen LogP contribution in [0.15, 0.2) is 12.2 Å². The third kappa shape index (κ3) is 1.03. The van der Waals surface area contributed by atoms with Gasteiger partial charge in [0.2, 0.25) is 0 Å². The van der Waals surface area contributed by atoms with Gasteiger partial charge in [-0.3, -0.25) is 0 Å². The molecule has 1 saturated carbocycles. The summed E-state index contributed by atoms with van der Waals surface area (Å²) in [7, 11) is 0. The number of rotatable bonds is 3. The molecule has 0 saturated heterocycles. The number of hydrogen-bond donors (Lipinski definition) is 1. The van der Waals surface area contributed by atoms with Crippen molar-refractivity contribution in [3.63, 3.8) is 0 Å². The van der Waals surface area contributed by atoms with E-state index in [0.717, 1.165) is 6.42 Å². The summed E-state index contributed by atoms with van der Waals surface area (Å²) in [5.74, 6) is 0.635. The monoisotopic (exact) mass is 168 g/mol. The van der Waals surface area contributed by atoms with Crippen LogP contribution in [0.2, 0.25) is 0 Å². The van der Waals surface area contributed by atoms with Gasteiger partial charge in [0.05, 0.1) is 6.61 Å². The second-order valence-electron chi connectivity index (χ2n) is 4.94. The van der Waals surface area contributed by atoms with Crippen LogP contribution in [0.3, 0.4) is 0 Å². The highest BCUT2D eigenvalue weighted by Gasteiger charge is 2.64. The van der Waals surface area contributed by atoms with Gasteiger partial charge in [0.25, 0.3) is 0 Å². The molecule has 0 heterocycles. The number of aliphatic hydroxyl groups is 1. The number of aliphatic hydroxyl groups excluding tert-OH is 1. The Morgan fingerprint density at radius 1 is 1.42 bits per heavy atom. The van der Waals surface area contributed by atoms with Gasteiger partial charge < -0.3 is 5.11 Å². The minimum absolute atomic E-state index is 0.0289. The molecule has 1 fully saturated rings. The summed E-state index contributed by atoms with van der Waals surface area (Å²) in [5.41, 5.74) is 1.42. The van der Waals surface area contributed by atoms with Crippen LogP contribution in [0.5, 0.6) is 0 Å². The van der Waals surface area contributed by atoms with E-state index in [1.807, 2.05) is 0 Å². The Balaban J connectivity index is 2.76. The SMILES string of the molecule is C=C1C(C)(C)C1(CO)CC(C)C. The molecule has 12 heavy (non-hydrogen) atoms. The molecular weight excluding hydrogens is 148 g/mol. The molecule has 1 heteroatoms. The second kappa shape index (κ2) is 2.59. The average molecular weight is 168 g/mol. The molecule has 0 aliphatic heterocycles. The van der Waals surface area contributed by atoms with Gasteiger partial charge in [0, 0.05) is 5.41 Å². The van der Waals surface area contributed by atoms with E-state index in [0.29, 0.717) is 5.92 Å². The van der Waals surface area contributed by atoms with E-state index in [1.54, 1.807) is 0 Å². The van der Waals surface area contributed by atoms with Crippen molar-refractivity contribution in [1.82, 2.24) is 0 Å². The maximum absolute atomic E-state index is 9.35. The zero-order chi connectivity index (χ0) is 9.57. The largest absolute Gasteiger partial charge is 0.395 e. The van der Waals surface area contributed by atoms with Gasteiger partial charge in [-0.1, -0.05) is 39.8 Å². The summed E-state index contributed by atoms with van der Waals surface area (Å²) in [6.07, 6.45) is 1.06. The number of hydrogen-bond acceptors (Lipinski definition) is 1. The van der Waals surface area contributed by atoms with Crippen LogP contribution in [0.4, 0.5) is 0 Å². The lowest BCUT2D eigenvalue weighted by Crippen LogP contribution is -2.16. The second-order valence-corrected chi connectivity index (χ2v) is 4.94. The summed E-state index contributed by atoms with van der Waals surface area (Å²) in [5, 5.41) is 9.35. The first-order valence-electron chi connectivity index (χ1n) is 4.69. The van der Waals surface area contributed by atoms with Crippen LogP contribution in [0, 0.1) is 16.7 Å². The topological polar surface area (TPSA) is 20.2 Å². The predicted octanol–water partition coefficient (Wildman–Crippen LogP) is 2.61. The van der Waals surface area contributed by atoms with Gasteiger partial charge >= 0.3 is 0 Å². The Morgan fingerprint density at radius 2 is 1.83 bits per heavy atom. The average Bonchev–Trinajstić information content (AvgIpc) is 2.34. The van der Waals surface area contributed by atoms with Gasteiger partial charge in [-0.2, -0.15) is 0 Å². The first-order chi connectivity index (χ1) is 5.38. The van der Waals surface area contributed by atoms with Crippen molar-refractivity contribution < 1.29 is 5.11 Å². The molecule has 70 valence electrons. The highest BCUT2D eigenvalue weighted by atomic mass is 16.3. The van der Waals surface area contributed by atoms with E-state index in [9.17, 15) is 5.11 Å². The maximum atomic E-state index is 9.35. The molecule has 0 aromatic carbocycles. The lowest BCUT2D eigenvalue weighted by Gasteiger charge is -2.18. The van der Waals surface area contributed by atoms with Gasteiger partial charge in [-0.05, 0) is 17.8 Å². The molecule has 0 spiro atoms. The minimum atomic E-state index is 0.0289. The summed E-state index contributed by atoms with van der Waals surface area (Å²) < 4.78 is 0. The molecule has 1 aliphatic carbocycles. The van der Waals surface area contributed by atoms with E-state index in [-0.39, 0.29) is 17.4 Å².